The Kier molecular flexibility index (Phi) is 12.9. The molecule has 2 N–H and O–H groups in total. The number of halogens is 6. The number of rotatable bonds is 4. The van der Waals surface area contributed by atoms with Gasteiger partial charge in [-0.25, -0.2) is 9.98 Å². The number of aliphatic imine (C=N–C) groups is 2. The SMILES string of the molecule is CC(C)(C1=N[C@@H](c2ccccc2)CO1)C1=N[C@@H](c2ccccc2)CO1.O=S(=O)(O)C(F)(F)F.O=S(=O)(O)C(F)(F)F.[Sn]. The van der Waals surface area contributed by atoms with Crippen molar-refractivity contribution >= 4 is 55.9 Å². The van der Waals surface area contributed by atoms with Gasteiger partial charge in [0.1, 0.15) is 30.7 Å². The minimum Gasteiger partial charge on any atom is -0.478 e. The Hall–Kier alpha value is -2.42. The number of hydrogen-bond donors (Lipinski definition) is 2. The summed E-state index contributed by atoms with van der Waals surface area (Å²) in [5.41, 5.74) is -9.19. The van der Waals surface area contributed by atoms with Gasteiger partial charge in [0.05, 0.1) is 0 Å². The smallest absolute Gasteiger partial charge is 0.478 e. The van der Waals surface area contributed by atoms with Gasteiger partial charge in [-0.05, 0) is 25.0 Å². The maximum absolute atomic E-state index is 10.7. The first-order valence-electron chi connectivity index (χ1n) is 11.2. The minimum absolute atomic E-state index is 0. The van der Waals surface area contributed by atoms with E-state index < -0.39 is 36.7 Å². The first-order chi connectivity index (χ1) is 18.6. The monoisotopic (exact) mass is 754 g/mol. The Morgan fingerprint density at radius 1 is 0.667 bits per heavy atom. The Morgan fingerprint density at radius 2 is 0.929 bits per heavy atom. The molecule has 2 aromatic carbocycles. The van der Waals surface area contributed by atoms with Gasteiger partial charge in [-0.1, -0.05) is 60.7 Å². The predicted molar refractivity (Wildman–Crippen MR) is 140 cm³/mol. The van der Waals surface area contributed by atoms with Gasteiger partial charge in [0.15, 0.2) is 11.8 Å². The molecule has 0 saturated heterocycles. The molecule has 4 rings (SSSR count). The average Bonchev–Trinajstić information content (AvgIpc) is 3.55. The topological polar surface area (TPSA) is 152 Å². The predicted octanol–water partition coefficient (Wildman–Crippen LogP) is 4.76. The Balaban J connectivity index is 0.000000432. The number of ether oxygens (including phenoxy) is 2. The van der Waals surface area contributed by atoms with E-state index in [0.29, 0.717) is 25.0 Å². The molecular weight excluding hydrogens is 729 g/mol. The molecule has 0 unspecified atom stereocenters. The van der Waals surface area contributed by atoms with Gasteiger partial charge in [0.25, 0.3) is 0 Å². The molecule has 2 aliphatic rings. The summed E-state index contributed by atoms with van der Waals surface area (Å²) in [6, 6.07) is 20.6. The van der Waals surface area contributed by atoms with E-state index in [1.54, 1.807) is 0 Å². The van der Waals surface area contributed by atoms with Crippen molar-refractivity contribution in [3.8, 4) is 0 Å². The van der Waals surface area contributed by atoms with Crippen molar-refractivity contribution in [2.45, 2.75) is 36.9 Å². The van der Waals surface area contributed by atoms with Gasteiger partial charge in [-0.3, -0.25) is 9.11 Å². The van der Waals surface area contributed by atoms with E-state index in [-0.39, 0.29) is 36.0 Å². The van der Waals surface area contributed by atoms with Crippen molar-refractivity contribution in [3.05, 3.63) is 71.8 Å². The normalized spacial score (nSPS) is 18.9. The quantitative estimate of drug-likeness (QED) is 0.197. The Morgan fingerprint density at radius 3 is 1.17 bits per heavy atom. The van der Waals surface area contributed by atoms with Crippen molar-refractivity contribution in [1.29, 1.82) is 0 Å². The standard InChI is InChI=1S/C21H22N2O2.2CHF3O3S.Sn/c1-21(2,19-22-17(13-24-19)15-9-5-3-6-10-15)20-23-18(14-25-20)16-11-7-4-8-12-16;2*2-1(3,4)8(5,6)7;/h3-12,17-18H,13-14H2,1-2H3;2*(H,5,6,7);/t17-,18-;;;/m1.../s1. The molecule has 2 aromatic rings. The van der Waals surface area contributed by atoms with Crippen LogP contribution in [0, 0.1) is 5.41 Å². The number of nitrogens with zero attached hydrogens (tertiary/aromatic N) is 2. The molecular formula is C23H24F6N2O8S2Sn. The van der Waals surface area contributed by atoms with E-state index in [1.807, 2.05) is 36.4 Å². The van der Waals surface area contributed by atoms with Crippen LogP contribution in [0.2, 0.25) is 0 Å². The molecule has 4 radical (unpaired) electrons. The van der Waals surface area contributed by atoms with Crippen LogP contribution >= 0.6 is 0 Å². The van der Waals surface area contributed by atoms with Gasteiger partial charge < -0.3 is 9.47 Å². The molecule has 0 bridgehead atoms. The van der Waals surface area contributed by atoms with E-state index in [0.717, 1.165) is 0 Å². The third-order valence-electron chi connectivity index (χ3n) is 5.33. The fourth-order valence-corrected chi connectivity index (χ4v) is 3.21. The molecule has 42 heavy (non-hydrogen) atoms. The first-order valence-corrected chi connectivity index (χ1v) is 14.1. The van der Waals surface area contributed by atoms with Gasteiger partial charge >= 0.3 is 31.3 Å². The van der Waals surface area contributed by atoms with Crippen molar-refractivity contribution in [1.82, 2.24) is 0 Å². The summed E-state index contributed by atoms with van der Waals surface area (Å²) < 4.78 is 127. The van der Waals surface area contributed by atoms with Gasteiger partial charge in [0, 0.05) is 23.9 Å². The summed E-state index contributed by atoms with van der Waals surface area (Å²) >= 11 is 0. The van der Waals surface area contributed by atoms with Crippen molar-refractivity contribution in [2.24, 2.45) is 15.4 Å². The molecule has 0 aromatic heterocycles. The van der Waals surface area contributed by atoms with E-state index in [9.17, 15) is 26.3 Å². The second-order valence-corrected chi connectivity index (χ2v) is 11.6. The summed E-state index contributed by atoms with van der Waals surface area (Å²) in [4.78, 5) is 9.61. The zero-order valence-electron chi connectivity index (χ0n) is 21.7. The molecule has 232 valence electrons. The maximum Gasteiger partial charge on any atom is 0.522 e. The summed E-state index contributed by atoms with van der Waals surface area (Å²) in [6.45, 7) is 5.26. The zero-order valence-corrected chi connectivity index (χ0v) is 26.2. The molecule has 0 fully saturated rings. The van der Waals surface area contributed by atoms with Crippen molar-refractivity contribution in [3.63, 3.8) is 0 Å². The minimum atomic E-state index is -5.84. The molecule has 19 heteroatoms. The van der Waals surface area contributed by atoms with E-state index in [4.69, 9.17) is 45.4 Å². The van der Waals surface area contributed by atoms with Crippen LogP contribution in [0.4, 0.5) is 26.3 Å². The largest absolute Gasteiger partial charge is 0.522 e. The number of benzene rings is 2. The first kappa shape index (κ1) is 37.6. The number of alkyl halides is 6. The van der Waals surface area contributed by atoms with Crippen LogP contribution in [0.3, 0.4) is 0 Å². The van der Waals surface area contributed by atoms with E-state index in [2.05, 4.69) is 38.1 Å². The molecule has 2 atom stereocenters. The Bertz CT molecular complexity index is 1340. The Labute approximate surface area is 254 Å². The van der Waals surface area contributed by atoms with E-state index >= 15 is 0 Å². The second kappa shape index (κ2) is 14.4. The van der Waals surface area contributed by atoms with Crippen LogP contribution < -0.4 is 0 Å². The zero-order chi connectivity index (χ0) is 31.3. The van der Waals surface area contributed by atoms with Gasteiger partial charge in [-0.15, -0.1) is 0 Å². The molecule has 2 heterocycles. The summed E-state index contributed by atoms with van der Waals surface area (Å²) in [7, 11) is -11.7. The maximum atomic E-state index is 10.7. The van der Waals surface area contributed by atoms with Crippen LogP contribution in [0.5, 0.6) is 0 Å². The van der Waals surface area contributed by atoms with Gasteiger partial charge in [-0.2, -0.15) is 43.2 Å². The van der Waals surface area contributed by atoms with E-state index in [1.165, 1.54) is 11.1 Å². The molecule has 0 saturated carbocycles. The molecule has 10 nitrogen and oxygen atoms in total. The van der Waals surface area contributed by atoms with Crippen LogP contribution in [0.1, 0.15) is 37.1 Å². The summed E-state index contributed by atoms with van der Waals surface area (Å²) in [5, 5.41) is 0. The van der Waals surface area contributed by atoms with Gasteiger partial charge in [0.2, 0.25) is 0 Å². The fraction of sp³-hybridized carbons (Fsp3) is 0.391. The molecule has 2 aliphatic heterocycles. The third kappa shape index (κ3) is 10.4. The van der Waals surface area contributed by atoms with Crippen LogP contribution in [-0.2, 0) is 29.7 Å². The van der Waals surface area contributed by atoms with Crippen molar-refractivity contribution < 1.29 is 61.8 Å². The summed E-state index contributed by atoms with van der Waals surface area (Å²) in [6.07, 6.45) is 0. The van der Waals surface area contributed by atoms with Crippen molar-refractivity contribution in [2.75, 3.05) is 13.2 Å². The molecule has 0 spiro atoms. The molecule has 0 amide bonds. The molecule has 0 aliphatic carbocycles. The average molecular weight is 753 g/mol. The van der Waals surface area contributed by atoms with Crippen LogP contribution in [0.15, 0.2) is 70.6 Å². The van der Waals surface area contributed by atoms with Crippen LogP contribution in [0.25, 0.3) is 0 Å². The second-order valence-electron chi connectivity index (χ2n) is 8.81. The number of hydrogen-bond acceptors (Lipinski definition) is 8. The summed E-state index contributed by atoms with van der Waals surface area (Å²) in [5.74, 6) is 1.41. The van der Waals surface area contributed by atoms with Crippen LogP contribution in [-0.4, -0.2) is 85.9 Å². The third-order valence-corrected chi connectivity index (χ3v) is 6.49. The fourth-order valence-electron chi connectivity index (χ4n) is 3.21.